The summed E-state index contributed by atoms with van der Waals surface area (Å²) in [5.74, 6) is 0. The van der Waals surface area contributed by atoms with Gasteiger partial charge in [-0.2, -0.15) is 0 Å². The van der Waals surface area contributed by atoms with Gasteiger partial charge >= 0.3 is 0 Å². The normalized spacial score (nSPS) is 15.5. The predicted octanol–water partition coefficient (Wildman–Crippen LogP) is 1.43. The lowest BCUT2D eigenvalue weighted by Crippen LogP contribution is -2.40. The third kappa shape index (κ3) is 4.11. The molecule has 96 valence electrons. The average Bonchev–Trinajstić information content (AvgIpc) is 2.27. The van der Waals surface area contributed by atoms with E-state index < -0.39 is 15.6 Å². The van der Waals surface area contributed by atoms with Crippen LogP contribution in [0.25, 0.3) is 0 Å². The summed E-state index contributed by atoms with van der Waals surface area (Å²) in [7, 11) is -3.53. The molecule has 0 bridgehead atoms. The van der Waals surface area contributed by atoms with Gasteiger partial charge in [-0.25, -0.2) is 13.1 Å². The second-order valence-corrected chi connectivity index (χ2v) is 6.26. The van der Waals surface area contributed by atoms with Crippen LogP contribution in [0.15, 0.2) is 29.2 Å². The van der Waals surface area contributed by atoms with Crippen molar-refractivity contribution < 1.29 is 13.5 Å². The number of nitrogens with one attached hydrogen (secondary N) is 1. The van der Waals surface area contributed by atoms with Crippen LogP contribution in [0.2, 0.25) is 0 Å². The molecule has 0 saturated heterocycles. The van der Waals surface area contributed by atoms with Crippen LogP contribution < -0.4 is 4.72 Å². The van der Waals surface area contributed by atoms with Crippen molar-refractivity contribution in [1.82, 2.24) is 4.72 Å². The third-order valence-electron chi connectivity index (χ3n) is 2.74. The minimum atomic E-state index is -3.53. The summed E-state index contributed by atoms with van der Waals surface area (Å²) in [5.41, 5.74) is -0.0119. The average molecular weight is 257 g/mol. The maximum Gasteiger partial charge on any atom is 0.240 e. The van der Waals surface area contributed by atoms with Gasteiger partial charge < -0.3 is 5.11 Å². The zero-order chi connectivity index (χ0) is 13.1. The fraction of sp³-hybridized carbons (Fsp3) is 0.500. The molecule has 4 nitrogen and oxygen atoms in total. The molecule has 1 unspecified atom stereocenters. The summed E-state index contributed by atoms with van der Waals surface area (Å²) >= 11 is 0. The van der Waals surface area contributed by atoms with E-state index in [9.17, 15) is 13.5 Å². The molecule has 1 aromatic carbocycles. The summed E-state index contributed by atoms with van der Waals surface area (Å²) in [6, 6.07) is 6.59. The molecule has 0 amide bonds. The van der Waals surface area contributed by atoms with Gasteiger partial charge in [-0.1, -0.05) is 24.6 Å². The van der Waals surface area contributed by atoms with Crippen molar-refractivity contribution in [2.45, 2.75) is 37.7 Å². The van der Waals surface area contributed by atoms with Gasteiger partial charge in [0.05, 0.1) is 10.5 Å². The summed E-state index contributed by atoms with van der Waals surface area (Å²) in [6.45, 7) is 5.32. The molecule has 1 rings (SSSR count). The predicted molar refractivity (Wildman–Crippen MR) is 67.3 cm³/mol. The van der Waals surface area contributed by atoms with Gasteiger partial charge in [0.2, 0.25) is 10.0 Å². The maximum atomic E-state index is 11.9. The molecule has 0 fully saturated rings. The molecule has 0 heterocycles. The van der Waals surface area contributed by atoms with Gasteiger partial charge in [-0.3, -0.25) is 0 Å². The zero-order valence-electron chi connectivity index (χ0n) is 10.4. The van der Waals surface area contributed by atoms with Gasteiger partial charge in [0.1, 0.15) is 0 Å². The van der Waals surface area contributed by atoms with Gasteiger partial charge in [0, 0.05) is 6.54 Å². The molecular formula is C12H19NO3S. The van der Waals surface area contributed by atoms with Gasteiger partial charge in [-0.05, 0) is 32.4 Å². The quantitative estimate of drug-likeness (QED) is 0.838. The molecule has 0 spiro atoms. The van der Waals surface area contributed by atoms with Crippen LogP contribution in [0.4, 0.5) is 0 Å². The molecule has 2 N–H and O–H groups in total. The van der Waals surface area contributed by atoms with E-state index in [2.05, 4.69) is 4.72 Å². The first-order valence-corrected chi connectivity index (χ1v) is 7.04. The van der Waals surface area contributed by atoms with Crippen molar-refractivity contribution in [3.8, 4) is 0 Å². The van der Waals surface area contributed by atoms with E-state index in [-0.39, 0.29) is 11.4 Å². The highest BCUT2D eigenvalue weighted by Crippen LogP contribution is 2.12. The zero-order valence-corrected chi connectivity index (χ0v) is 11.2. The van der Waals surface area contributed by atoms with Crippen LogP contribution in [-0.4, -0.2) is 25.7 Å². The Balaban J connectivity index is 2.79. The van der Waals surface area contributed by atoms with Crippen LogP contribution in [0, 0.1) is 6.92 Å². The van der Waals surface area contributed by atoms with Crippen molar-refractivity contribution in [2.24, 2.45) is 0 Å². The summed E-state index contributed by atoms with van der Waals surface area (Å²) in [4.78, 5) is 0.218. The molecule has 0 aliphatic rings. The minimum Gasteiger partial charge on any atom is -0.389 e. The lowest BCUT2D eigenvalue weighted by atomic mass is 10.1. The van der Waals surface area contributed by atoms with Crippen LogP contribution in [0.3, 0.4) is 0 Å². The van der Waals surface area contributed by atoms with E-state index >= 15 is 0 Å². The van der Waals surface area contributed by atoms with E-state index in [0.717, 1.165) is 5.56 Å². The number of aryl methyl sites for hydroxylation is 1. The third-order valence-corrected chi connectivity index (χ3v) is 4.15. The highest BCUT2D eigenvalue weighted by atomic mass is 32.2. The topological polar surface area (TPSA) is 66.4 Å². The summed E-state index contributed by atoms with van der Waals surface area (Å²) in [6.07, 6.45) is 0.490. The number of hydrogen-bond donors (Lipinski definition) is 2. The summed E-state index contributed by atoms with van der Waals surface area (Å²) in [5, 5.41) is 9.75. The van der Waals surface area contributed by atoms with E-state index in [4.69, 9.17) is 0 Å². The van der Waals surface area contributed by atoms with Crippen molar-refractivity contribution in [3.05, 3.63) is 29.8 Å². The minimum absolute atomic E-state index is 0.0136. The largest absolute Gasteiger partial charge is 0.389 e. The van der Waals surface area contributed by atoms with Crippen LogP contribution >= 0.6 is 0 Å². The van der Waals surface area contributed by atoms with Crippen LogP contribution in [-0.2, 0) is 10.0 Å². The Kier molecular flexibility index (Phi) is 4.30. The Hall–Kier alpha value is -0.910. The Labute approximate surface area is 103 Å². The Bertz CT molecular complexity index is 463. The van der Waals surface area contributed by atoms with Crippen LogP contribution in [0.1, 0.15) is 25.8 Å². The molecule has 0 aromatic heterocycles. The Morgan fingerprint density at radius 3 is 2.29 bits per heavy atom. The lowest BCUT2D eigenvalue weighted by molar-refractivity contribution is 0.0613. The standard InChI is InChI=1S/C12H19NO3S/c1-4-12(3,14)9-13-17(15,16)11-7-5-10(2)6-8-11/h5-8,13-14H,4,9H2,1-3H3. The van der Waals surface area contributed by atoms with Gasteiger partial charge in [-0.15, -0.1) is 0 Å². The molecule has 0 aliphatic heterocycles. The fourth-order valence-corrected chi connectivity index (χ4v) is 2.34. The van der Waals surface area contributed by atoms with E-state index in [0.29, 0.717) is 6.42 Å². The Morgan fingerprint density at radius 1 is 1.29 bits per heavy atom. The molecule has 0 saturated carbocycles. The molecule has 0 radical (unpaired) electrons. The van der Waals surface area contributed by atoms with E-state index in [1.54, 1.807) is 38.1 Å². The first kappa shape index (κ1) is 14.2. The monoisotopic (exact) mass is 257 g/mol. The molecular weight excluding hydrogens is 238 g/mol. The number of benzene rings is 1. The lowest BCUT2D eigenvalue weighted by Gasteiger charge is -2.21. The fourth-order valence-electron chi connectivity index (χ4n) is 1.18. The van der Waals surface area contributed by atoms with Crippen molar-refractivity contribution >= 4 is 10.0 Å². The molecule has 0 aliphatic carbocycles. The molecule has 1 aromatic rings. The molecule has 5 heteroatoms. The highest BCUT2D eigenvalue weighted by Gasteiger charge is 2.22. The van der Waals surface area contributed by atoms with E-state index in [1.165, 1.54) is 0 Å². The first-order valence-electron chi connectivity index (χ1n) is 5.55. The smallest absolute Gasteiger partial charge is 0.240 e. The molecule has 1 atom stereocenters. The number of hydrogen-bond acceptors (Lipinski definition) is 3. The first-order chi connectivity index (χ1) is 7.77. The Morgan fingerprint density at radius 2 is 1.82 bits per heavy atom. The number of sulfonamides is 1. The summed E-state index contributed by atoms with van der Waals surface area (Å²) < 4.78 is 26.2. The molecule has 17 heavy (non-hydrogen) atoms. The number of rotatable bonds is 5. The maximum absolute atomic E-state index is 11.9. The van der Waals surface area contributed by atoms with Crippen molar-refractivity contribution in [2.75, 3.05) is 6.54 Å². The van der Waals surface area contributed by atoms with Gasteiger partial charge in [0.15, 0.2) is 0 Å². The second kappa shape index (κ2) is 5.16. The van der Waals surface area contributed by atoms with E-state index in [1.807, 2.05) is 6.92 Å². The van der Waals surface area contributed by atoms with Gasteiger partial charge in [0.25, 0.3) is 0 Å². The number of aliphatic hydroxyl groups is 1. The SMILES string of the molecule is CCC(C)(O)CNS(=O)(=O)c1ccc(C)cc1. The van der Waals surface area contributed by atoms with Crippen LogP contribution in [0.5, 0.6) is 0 Å². The van der Waals surface area contributed by atoms with Crippen molar-refractivity contribution in [3.63, 3.8) is 0 Å². The second-order valence-electron chi connectivity index (χ2n) is 4.49. The highest BCUT2D eigenvalue weighted by molar-refractivity contribution is 7.89. The van der Waals surface area contributed by atoms with Crippen molar-refractivity contribution in [1.29, 1.82) is 0 Å².